The van der Waals surface area contributed by atoms with Crippen LogP contribution in [0.3, 0.4) is 0 Å². The van der Waals surface area contributed by atoms with Gasteiger partial charge in [-0.05, 0) is 12.1 Å². The summed E-state index contributed by atoms with van der Waals surface area (Å²) in [5.74, 6) is 0.162. The van der Waals surface area contributed by atoms with Crippen LogP contribution in [0.4, 0.5) is 35.9 Å². The van der Waals surface area contributed by atoms with E-state index in [-0.39, 0.29) is 24.4 Å². The molecule has 2 aromatic rings. The van der Waals surface area contributed by atoms with E-state index in [1.807, 2.05) is 6.07 Å². The van der Waals surface area contributed by atoms with Crippen molar-refractivity contribution in [3.05, 3.63) is 68.3 Å². The van der Waals surface area contributed by atoms with E-state index in [2.05, 4.69) is 10.4 Å². The van der Waals surface area contributed by atoms with Gasteiger partial charge in [0, 0.05) is 25.1 Å². The molecule has 1 aliphatic heterocycles. The van der Waals surface area contributed by atoms with Crippen molar-refractivity contribution in [1.29, 1.82) is 0 Å². The van der Waals surface area contributed by atoms with Gasteiger partial charge in [-0.3, -0.25) is 30.7 Å². The minimum absolute atomic E-state index is 0.162. The van der Waals surface area contributed by atoms with Gasteiger partial charge in [-0.25, -0.2) is 4.99 Å². The molecule has 0 bridgehead atoms. The summed E-state index contributed by atoms with van der Waals surface area (Å²) in [6.45, 7) is 0.422. The van der Waals surface area contributed by atoms with Gasteiger partial charge in [-0.1, -0.05) is 18.2 Å². The van der Waals surface area contributed by atoms with Gasteiger partial charge in [0.2, 0.25) is 5.69 Å². The van der Waals surface area contributed by atoms with Crippen molar-refractivity contribution in [1.82, 2.24) is 5.43 Å². The summed E-state index contributed by atoms with van der Waals surface area (Å²) in [4.78, 5) is 24.2. The van der Waals surface area contributed by atoms with Gasteiger partial charge in [0.15, 0.2) is 0 Å². The Labute approximate surface area is 155 Å². The number of hydrogen-bond donors (Lipinski definition) is 1. The van der Waals surface area contributed by atoms with Crippen LogP contribution in [-0.4, -0.2) is 22.2 Å². The molecule has 2 aromatic carbocycles. The molecule has 3 rings (SSSR count). The largest absolute Gasteiger partial charge is 0.416 e. The van der Waals surface area contributed by atoms with Gasteiger partial charge < -0.3 is 0 Å². The fourth-order valence-electron chi connectivity index (χ4n) is 2.66. The number of nitro benzene ring substituents is 2. The van der Waals surface area contributed by atoms with Crippen LogP contribution >= 0.6 is 0 Å². The van der Waals surface area contributed by atoms with E-state index in [0.717, 1.165) is 5.69 Å². The third kappa shape index (κ3) is 3.84. The van der Waals surface area contributed by atoms with Gasteiger partial charge in [-0.15, -0.1) is 0 Å². The normalized spacial score (nSPS) is 15.5. The number of halogens is 3. The van der Waals surface area contributed by atoms with E-state index < -0.39 is 38.6 Å². The number of benzene rings is 2. The number of rotatable bonds is 4. The van der Waals surface area contributed by atoms with E-state index in [9.17, 15) is 33.4 Å². The Hall–Kier alpha value is -3.70. The van der Waals surface area contributed by atoms with Crippen molar-refractivity contribution in [2.75, 3.05) is 11.6 Å². The molecule has 1 fully saturated rings. The van der Waals surface area contributed by atoms with Crippen molar-refractivity contribution in [3.63, 3.8) is 0 Å². The molecule has 9 nitrogen and oxygen atoms in total. The lowest BCUT2D eigenvalue weighted by molar-refractivity contribution is -0.392. The highest BCUT2D eigenvalue weighted by Crippen LogP contribution is 2.43. The predicted octanol–water partition coefficient (Wildman–Crippen LogP) is 3.97. The number of nitro groups is 2. The highest BCUT2D eigenvalue weighted by molar-refractivity contribution is 5.91. The quantitative estimate of drug-likeness (QED) is 0.619. The zero-order valence-corrected chi connectivity index (χ0v) is 14.0. The van der Waals surface area contributed by atoms with E-state index in [1.54, 1.807) is 29.3 Å². The minimum atomic E-state index is -4.98. The summed E-state index contributed by atoms with van der Waals surface area (Å²) >= 11 is 0. The molecule has 1 N–H and O–H groups in total. The summed E-state index contributed by atoms with van der Waals surface area (Å²) in [6, 6.07) is 9.46. The molecular weight excluding hydrogens is 383 g/mol. The number of hydrogen-bond acceptors (Lipinski definition) is 6. The Morgan fingerprint density at radius 1 is 1.04 bits per heavy atom. The number of nitrogens with one attached hydrogen (secondary N) is 1. The number of anilines is 1. The highest BCUT2D eigenvalue weighted by atomic mass is 19.4. The zero-order valence-electron chi connectivity index (χ0n) is 14.0. The first kappa shape index (κ1) is 19.1. The monoisotopic (exact) mass is 395 g/mol. The lowest BCUT2D eigenvalue weighted by Crippen LogP contribution is -2.32. The van der Waals surface area contributed by atoms with Crippen molar-refractivity contribution < 1.29 is 23.0 Å². The van der Waals surface area contributed by atoms with Gasteiger partial charge in [0.25, 0.3) is 0 Å². The second-order valence-electron chi connectivity index (χ2n) is 5.78. The molecular formula is C16H12F3N5O4. The van der Waals surface area contributed by atoms with Crippen LogP contribution in [0.2, 0.25) is 0 Å². The molecule has 0 unspecified atom stereocenters. The molecule has 1 saturated heterocycles. The Balaban J connectivity index is 2.05. The van der Waals surface area contributed by atoms with E-state index in [4.69, 9.17) is 0 Å². The van der Waals surface area contributed by atoms with Crippen molar-refractivity contribution in [2.45, 2.75) is 12.6 Å². The molecule has 0 amide bonds. The predicted molar refractivity (Wildman–Crippen MR) is 93.4 cm³/mol. The van der Waals surface area contributed by atoms with Crippen LogP contribution in [-0.2, 0) is 6.18 Å². The smallest absolute Gasteiger partial charge is 0.286 e. The Kier molecular flexibility index (Phi) is 4.86. The minimum Gasteiger partial charge on any atom is -0.286 e. The Bertz CT molecular complexity index is 927. The van der Waals surface area contributed by atoms with E-state index in [1.165, 1.54) is 0 Å². The summed E-state index contributed by atoms with van der Waals surface area (Å²) < 4.78 is 38.9. The lowest BCUT2D eigenvalue weighted by atomic mass is 10.1. The van der Waals surface area contributed by atoms with E-state index in [0.29, 0.717) is 6.54 Å². The second kappa shape index (κ2) is 7.13. The average Bonchev–Trinajstić information content (AvgIpc) is 3.09. The Morgan fingerprint density at radius 2 is 1.61 bits per heavy atom. The van der Waals surface area contributed by atoms with Gasteiger partial charge in [-0.2, -0.15) is 13.2 Å². The molecule has 0 aliphatic carbocycles. The second-order valence-corrected chi connectivity index (χ2v) is 5.78. The lowest BCUT2D eigenvalue weighted by Gasteiger charge is -2.17. The maximum Gasteiger partial charge on any atom is 0.416 e. The molecule has 28 heavy (non-hydrogen) atoms. The first-order valence-electron chi connectivity index (χ1n) is 7.87. The van der Waals surface area contributed by atoms with Crippen molar-refractivity contribution in [2.24, 2.45) is 4.99 Å². The maximum atomic E-state index is 13.0. The molecule has 12 heteroatoms. The molecule has 146 valence electrons. The topological polar surface area (TPSA) is 114 Å². The summed E-state index contributed by atoms with van der Waals surface area (Å²) in [7, 11) is 0. The van der Waals surface area contributed by atoms with Crippen LogP contribution in [0.25, 0.3) is 0 Å². The van der Waals surface area contributed by atoms with Crippen molar-refractivity contribution >= 4 is 28.6 Å². The number of aliphatic imine (C=N–C) groups is 1. The van der Waals surface area contributed by atoms with Gasteiger partial charge >= 0.3 is 17.6 Å². The highest BCUT2D eigenvalue weighted by Gasteiger charge is 2.38. The molecule has 1 heterocycles. The average molecular weight is 395 g/mol. The molecule has 0 spiro atoms. The summed E-state index contributed by atoms with van der Waals surface area (Å²) in [6.07, 6.45) is -4.71. The molecule has 0 atom stereocenters. The third-order valence-electron chi connectivity index (χ3n) is 3.94. The zero-order chi connectivity index (χ0) is 20.5. The van der Waals surface area contributed by atoms with Gasteiger partial charge in [0.05, 0.1) is 21.1 Å². The van der Waals surface area contributed by atoms with Crippen LogP contribution in [0.15, 0.2) is 47.5 Å². The number of hydrazine groups is 1. The number of para-hydroxylation sites is 1. The Morgan fingerprint density at radius 3 is 2.11 bits per heavy atom. The molecule has 0 saturated carbocycles. The molecule has 0 radical (unpaired) electrons. The third-order valence-corrected chi connectivity index (χ3v) is 3.94. The summed E-state index contributed by atoms with van der Waals surface area (Å²) in [5, 5.41) is 24.2. The molecule has 1 aliphatic rings. The summed E-state index contributed by atoms with van der Waals surface area (Å²) in [5.41, 5.74) is -0.783. The van der Waals surface area contributed by atoms with Crippen LogP contribution in [0, 0.1) is 20.2 Å². The van der Waals surface area contributed by atoms with E-state index >= 15 is 0 Å². The number of nitrogens with zero attached hydrogens (tertiary/aromatic N) is 4. The van der Waals surface area contributed by atoms with Crippen LogP contribution in [0.1, 0.15) is 12.0 Å². The molecule has 0 aromatic heterocycles. The fraction of sp³-hybridized carbons (Fsp3) is 0.188. The van der Waals surface area contributed by atoms with Gasteiger partial charge in [0.1, 0.15) is 5.84 Å². The first-order valence-corrected chi connectivity index (χ1v) is 7.87. The SMILES string of the molecule is O=[N+]([O-])c1cc(C(F)(F)F)cc([N+](=O)[O-])c1N=C1CCN(c2ccccc2)N1. The number of amidine groups is 1. The standard InChI is InChI=1S/C16H12F3N5O4/c17-16(18,19)10-8-12(23(25)26)15(13(9-10)24(27)28)20-14-6-7-22(21-14)11-4-2-1-3-5-11/h1-5,8-9H,6-7H2,(H,20,21). The fourth-order valence-corrected chi connectivity index (χ4v) is 2.66. The maximum absolute atomic E-state index is 13.0. The first-order chi connectivity index (χ1) is 13.2. The van der Waals surface area contributed by atoms with Crippen molar-refractivity contribution in [3.8, 4) is 0 Å². The number of alkyl halides is 3. The van der Waals surface area contributed by atoms with Crippen LogP contribution < -0.4 is 10.4 Å². The van der Waals surface area contributed by atoms with Crippen LogP contribution in [0.5, 0.6) is 0 Å².